The smallest absolute Gasteiger partial charge is 0.438 e. The molecule has 22 heavy (non-hydrogen) atoms. The lowest BCUT2D eigenvalue weighted by Gasteiger charge is -2.31. The van der Waals surface area contributed by atoms with Gasteiger partial charge in [0.1, 0.15) is 0 Å². The topological polar surface area (TPSA) is 42.0 Å². The minimum Gasteiger partial charge on any atom is -0.453 e. The number of amides is 1. The van der Waals surface area contributed by atoms with E-state index in [1.807, 2.05) is 62.4 Å². The van der Waals surface area contributed by atoms with E-state index in [-0.39, 0.29) is 0 Å². The first-order valence-electron chi connectivity index (χ1n) is 7.37. The quantitative estimate of drug-likeness (QED) is 0.791. The second-order valence-electron chi connectivity index (χ2n) is 4.84. The van der Waals surface area contributed by atoms with E-state index in [0.717, 1.165) is 0 Å². The van der Waals surface area contributed by atoms with Crippen molar-refractivity contribution in [3.63, 3.8) is 0 Å². The standard InChI is InChI=1S/C17H18N2O3/c1-3-18(4-2)22-17(20)19-13-9-5-7-11-15(13)21-16-12-8-6-10-14(16)19/h5-12H,3-4H2,1-2H3. The number of carbonyl (C=O) groups excluding carboxylic acids is 1. The van der Waals surface area contributed by atoms with Crippen molar-refractivity contribution in [2.45, 2.75) is 13.8 Å². The van der Waals surface area contributed by atoms with Gasteiger partial charge in [-0.1, -0.05) is 24.3 Å². The highest BCUT2D eigenvalue weighted by molar-refractivity contribution is 6.00. The van der Waals surface area contributed by atoms with Crippen LogP contribution in [-0.4, -0.2) is 24.2 Å². The summed E-state index contributed by atoms with van der Waals surface area (Å²) in [7, 11) is 0. The molecule has 0 N–H and O–H groups in total. The molecule has 0 aliphatic carbocycles. The average Bonchev–Trinajstić information content (AvgIpc) is 2.57. The molecule has 2 aromatic rings. The molecule has 1 aliphatic heterocycles. The Labute approximate surface area is 129 Å². The van der Waals surface area contributed by atoms with Crippen LogP contribution >= 0.6 is 0 Å². The molecule has 0 unspecified atom stereocenters. The van der Waals surface area contributed by atoms with Crippen LogP contribution in [0.25, 0.3) is 0 Å². The number of carbonyl (C=O) groups is 1. The molecule has 2 aromatic carbocycles. The van der Waals surface area contributed by atoms with Crippen LogP contribution in [0, 0.1) is 0 Å². The molecule has 5 heteroatoms. The van der Waals surface area contributed by atoms with Crippen LogP contribution in [0.15, 0.2) is 48.5 Å². The molecule has 3 rings (SSSR count). The van der Waals surface area contributed by atoms with Crippen molar-refractivity contribution in [3.8, 4) is 11.5 Å². The monoisotopic (exact) mass is 298 g/mol. The molecule has 0 spiro atoms. The van der Waals surface area contributed by atoms with E-state index in [1.54, 1.807) is 9.96 Å². The van der Waals surface area contributed by atoms with Crippen molar-refractivity contribution < 1.29 is 14.4 Å². The van der Waals surface area contributed by atoms with E-state index in [4.69, 9.17) is 9.57 Å². The van der Waals surface area contributed by atoms with Gasteiger partial charge in [0.2, 0.25) is 0 Å². The van der Waals surface area contributed by atoms with Crippen LogP contribution in [0.5, 0.6) is 11.5 Å². The lowest BCUT2D eigenvalue weighted by atomic mass is 10.2. The Balaban J connectivity index is 2.01. The zero-order chi connectivity index (χ0) is 15.5. The number of benzene rings is 2. The summed E-state index contributed by atoms with van der Waals surface area (Å²) in [6.45, 7) is 5.15. The van der Waals surface area contributed by atoms with Gasteiger partial charge in [-0.3, -0.25) is 0 Å². The number of rotatable bonds is 3. The third kappa shape index (κ3) is 2.51. The fraction of sp³-hybridized carbons (Fsp3) is 0.235. The fourth-order valence-corrected chi connectivity index (χ4v) is 2.41. The normalized spacial score (nSPS) is 12.4. The molecular weight excluding hydrogens is 280 g/mol. The second kappa shape index (κ2) is 6.07. The van der Waals surface area contributed by atoms with E-state index >= 15 is 0 Å². The lowest BCUT2D eigenvalue weighted by Crippen LogP contribution is -2.36. The summed E-state index contributed by atoms with van der Waals surface area (Å²) in [6.07, 6.45) is -0.438. The van der Waals surface area contributed by atoms with E-state index < -0.39 is 6.09 Å². The van der Waals surface area contributed by atoms with Crippen molar-refractivity contribution >= 4 is 17.5 Å². The summed E-state index contributed by atoms with van der Waals surface area (Å²) in [5.41, 5.74) is 1.36. The molecule has 0 saturated heterocycles. The predicted molar refractivity (Wildman–Crippen MR) is 84.5 cm³/mol. The molecular formula is C17H18N2O3. The highest BCUT2D eigenvalue weighted by Crippen LogP contribution is 2.46. The van der Waals surface area contributed by atoms with Crippen molar-refractivity contribution in [2.75, 3.05) is 18.0 Å². The Bertz CT molecular complexity index is 638. The van der Waals surface area contributed by atoms with E-state index in [0.29, 0.717) is 36.0 Å². The van der Waals surface area contributed by atoms with Crippen LogP contribution in [0.3, 0.4) is 0 Å². The number of hydroxylamine groups is 2. The number of nitrogens with zero attached hydrogens (tertiary/aromatic N) is 2. The largest absolute Gasteiger partial charge is 0.453 e. The summed E-state index contributed by atoms with van der Waals surface area (Å²) in [5.74, 6) is 1.27. The minimum atomic E-state index is -0.438. The molecule has 1 heterocycles. The second-order valence-corrected chi connectivity index (χ2v) is 4.84. The SMILES string of the molecule is CCN(CC)OC(=O)N1c2ccccc2Oc2ccccc21. The average molecular weight is 298 g/mol. The minimum absolute atomic E-state index is 0.438. The maximum absolute atomic E-state index is 12.7. The Morgan fingerprint density at radius 3 is 2.00 bits per heavy atom. The molecule has 1 aliphatic rings. The Hall–Kier alpha value is -2.53. The van der Waals surface area contributed by atoms with Crippen molar-refractivity contribution in [2.24, 2.45) is 0 Å². The summed E-state index contributed by atoms with van der Waals surface area (Å²) in [4.78, 5) is 19.7. The van der Waals surface area contributed by atoms with Crippen molar-refractivity contribution in [3.05, 3.63) is 48.5 Å². The maximum Gasteiger partial charge on any atom is 0.438 e. The van der Waals surface area contributed by atoms with Crippen LogP contribution in [0.4, 0.5) is 16.2 Å². The third-order valence-electron chi connectivity index (χ3n) is 3.53. The zero-order valence-corrected chi connectivity index (χ0v) is 12.7. The van der Waals surface area contributed by atoms with Crippen molar-refractivity contribution in [1.82, 2.24) is 5.06 Å². The number of fused-ring (bicyclic) bond motifs is 2. The maximum atomic E-state index is 12.7. The van der Waals surface area contributed by atoms with E-state index in [9.17, 15) is 4.79 Å². The summed E-state index contributed by atoms with van der Waals surface area (Å²) >= 11 is 0. The van der Waals surface area contributed by atoms with Crippen LogP contribution in [-0.2, 0) is 4.84 Å². The number of hydrogen-bond acceptors (Lipinski definition) is 4. The highest BCUT2D eigenvalue weighted by Gasteiger charge is 2.30. The Morgan fingerprint density at radius 1 is 1.00 bits per heavy atom. The molecule has 0 radical (unpaired) electrons. The van der Waals surface area contributed by atoms with E-state index in [1.165, 1.54) is 0 Å². The fourth-order valence-electron chi connectivity index (χ4n) is 2.41. The molecule has 0 fully saturated rings. The van der Waals surface area contributed by atoms with Gasteiger partial charge in [0.05, 0.1) is 11.4 Å². The van der Waals surface area contributed by atoms with Crippen LogP contribution in [0.2, 0.25) is 0 Å². The van der Waals surface area contributed by atoms with Gasteiger partial charge in [0.25, 0.3) is 0 Å². The van der Waals surface area contributed by atoms with Crippen LogP contribution in [0.1, 0.15) is 13.8 Å². The molecule has 1 amide bonds. The van der Waals surface area contributed by atoms with Gasteiger partial charge in [-0.2, -0.15) is 0 Å². The number of para-hydroxylation sites is 4. The zero-order valence-electron chi connectivity index (χ0n) is 12.7. The van der Waals surface area contributed by atoms with Crippen LogP contribution < -0.4 is 9.64 Å². The first kappa shape index (κ1) is 14.4. The van der Waals surface area contributed by atoms with Gasteiger partial charge in [-0.25, -0.2) is 9.69 Å². The number of anilines is 2. The van der Waals surface area contributed by atoms with E-state index in [2.05, 4.69) is 0 Å². The van der Waals surface area contributed by atoms with Crippen molar-refractivity contribution in [1.29, 1.82) is 0 Å². The first-order valence-corrected chi connectivity index (χ1v) is 7.37. The van der Waals surface area contributed by atoms with Gasteiger partial charge >= 0.3 is 6.09 Å². The molecule has 5 nitrogen and oxygen atoms in total. The lowest BCUT2D eigenvalue weighted by molar-refractivity contribution is -0.0879. The summed E-state index contributed by atoms with van der Waals surface area (Å²) in [5, 5.41) is 1.61. The molecule has 0 bridgehead atoms. The highest BCUT2D eigenvalue weighted by atomic mass is 16.7. The van der Waals surface area contributed by atoms with Gasteiger partial charge < -0.3 is 9.57 Å². The van der Waals surface area contributed by atoms with Gasteiger partial charge in [-0.05, 0) is 38.1 Å². The molecule has 0 aromatic heterocycles. The molecule has 0 atom stereocenters. The predicted octanol–water partition coefficient (Wildman–Crippen LogP) is 4.32. The van der Waals surface area contributed by atoms with Gasteiger partial charge in [0.15, 0.2) is 11.5 Å². The number of ether oxygens (including phenoxy) is 1. The Morgan fingerprint density at radius 2 is 1.50 bits per heavy atom. The third-order valence-corrected chi connectivity index (χ3v) is 3.53. The molecule has 114 valence electrons. The van der Waals surface area contributed by atoms with Gasteiger partial charge in [-0.15, -0.1) is 5.06 Å². The number of hydrogen-bond donors (Lipinski definition) is 0. The summed E-state index contributed by atoms with van der Waals surface area (Å²) in [6, 6.07) is 14.8. The van der Waals surface area contributed by atoms with Gasteiger partial charge in [0, 0.05) is 13.1 Å². The first-order chi connectivity index (χ1) is 10.7. The Kier molecular flexibility index (Phi) is 3.98. The molecule has 0 saturated carbocycles. The summed E-state index contributed by atoms with van der Waals surface area (Å²) < 4.78 is 5.85.